The van der Waals surface area contributed by atoms with Gasteiger partial charge in [-0.05, 0) is 19.1 Å². The first-order chi connectivity index (χ1) is 7.79. The normalized spacial score (nSPS) is 12.9. The molecule has 1 atom stereocenters. The van der Waals surface area contributed by atoms with Crippen molar-refractivity contribution < 1.29 is 4.42 Å². The summed E-state index contributed by atoms with van der Waals surface area (Å²) in [6, 6.07) is 4.33. The highest BCUT2D eigenvalue weighted by Crippen LogP contribution is 2.17. The van der Waals surface area contributed by atoms with Gasteiger partial charge in [0.2, 0.25) is 0 Å². The summed E-state index contributed by atoms with van der Waals surface area (Å²) in [5.41, 5.74) is 1.85. The summed E-state index contributed by atoms with van der Waals surface area (Å²) >= 11 is 1.67. The smallest absolute Gasteiger partial charge is 0.120 e. The van der Waals surface area contributed by atoms with Gasteiger partial charge >= 0.3 is 0 Å². The van der Waals surface area contributed by atoms with Crippen LogP contribution in [0.15, 0.2) is 28.3 Å². The quantitative estimate of drug-likeness (QED) is 0.866. The summed E-state index contributed by atoms with van der Waals surface area (Å²) in [5, 5.41) is 3.42. The second-order valence-electron chi connectivity index (χ2n) is 3.73. The van der Waals surface area contributed by atoms with Gasteiger partial charge in [-0.2, -0.15) is 0 Å². The second kappa shape index (κ2) is 5.27. The Bertz CT molecular complexity index is 422. The number of aryl methyl sites for hydroxylation is 1. The molecular weight excluding hydrogens is 220 g/mol. The molecule has 0 radical (unpaired) electrons. The molecule has 0 bridgehead atoms. The molecule has 0 saturated carbocycles. The molecule has 16 heavy (non-hydrogen) atoms. The van der Waals surface area contributed by atoms with Gasteiger partial charge in [0.1, 0.15) is 11.5 Å². The van der Waals surface area contributed by atoms with Gasteiger partial charge < -0.3 is 9.73 Å². The van der Waals surface area contributed by atoms with Crippen molar-refractivity contribution in [1.82, 2.24) is 10.3 Å². The van der Waals surface area contributed by atoms with E-state index in [4.69, 9.17) is 4.42 Å². The Morgan fingerprint density at radius 2 is 2.38 bits per heavy atom. The number of thiazole rings is 1. The van der Waals surface area contributed by atoms with Crippen LogP contribution in [0.1, 0.15) is 36.3 Å². The fourth-order valence-corrected chi connectivity index (χ4v) is 2.05. The van der Waals surface area contributed by atoms with Gasteiger partial charge in [-0.15, -0.1) is 11.3 Å². The molecule has 1 N–H and O–H groups in total. The Morgan fingerprint density at radius 3 is 3.00 bits per heavy atom. The topological polar surface area (TPSA) is 38.1 Å². The largest absolute Gasteiger partial charge is 0.464 e. The molecule has 1 unspecified atom stereocenters. The van der Waals surface area contributed by atoms with Crippen LogP contribution in [-0.2, 0) is 13.0 Å². The van der Waals surface area contributed by atoms with E-state index in [0.29, 0.717) is 0 Å². The average molecular weight is 236 g/mol. The zero-order chi connectivity index (χ0) is 11.4. The SMILES string of the molecule is CCc1ccc(C(C)NCc2cncs2)o1. The monoisotopic (exact) mass is 236 g/mol. The Hall–Kier alpha value is -1.13. The van der Waals surface area contributed by atoms with Gasteiger partial charge in [0.25, 0.3) is 0 Å². The van der Waals surface area contributed by atoms with Crippen LogP contribution in [0, 0.1) is 0 Å². The Morgan fingerprint density at radius 1 is 1.50 bits per heavy atom. The van der Waals surface area contributed by atoms with Crippen molar-refractivity contribution in [2.24, 2.45) is 0 Å². The summed E-state index contributed by atoms with van der Waals surface area (Å²) in [6.45, 7) is 5.05. The standard InChI is InChI=1S/C12H16N2OS/c1-3-10-4-5-12(15-10)9(2)14-7-11-6-13-8-16-11/h4-6,8-9,14H,3,7H2,1-2H3. The van der Waals surface area contributed by atoms with E-state index in [1.165, 1.54) is 4.88 Å². The maximum absolute atomic E-state index is 5.69. The van der Waals surface area contributed by atoms with Crippen LogP contribution in [0.2, 0.25) is 0 Å². The zero-order valence-corrected chi connectivity index (χ0v) is 10.4. The van der Waals surface area contributed by atoms with Crippen molar-refractivity contribution in [3.8, 4) is 0 Å². The van der Waals surface area contributed by atoms with Gasteiger partial charge in [-0.3, -0.25) is 4.98 Å². The Kier molecular flexibility index (Phi) is 3.74. The minimum atomic E-state index is 0.238. The summed E-state index contributed by atoms with van der Waals surface area (Å²) in [7, 11) is 0. The van der Waals surface area contributed by atoms with Crippen molar-refractivity contribution in [1.29, 1.82) is 0 Å². The lowest BCUT2D eigenvalue weighted by molar-refractivity contribution is 0.409. The molecule has 2 aromatic rings. The van der Waals surface area contributed by atoms with E-state index in [1.807, 2.05) is 23.8 Å². The second-order valence-corrected chi connectivity index (χ2v) is 4.70. The summed E-state index contributed by atoms with van der Waals surface area (Å²) in [5.74, 6) is 2.04. The van der Waals surface area contributed by atoms with Crippen LogP contribution in [0.5, 0.6) is 0 Å². The van der Waals surface area contributed by atoms with Crippen LogP contribution in [-0.4, -0.2) is 4.98 Å². The highest BCUT2D eigenvalue weighted by molar-refractivity contribution is 7.09. The zero-order valence-electron chi connectivity index (χ0n) is 9.56. The van der Waals surface area contributed by atoms with Gasteiger partial charge in [-0.25, -0.2) is 0 Å². The maximum atomic E-state index is 5.69. The lowest BCUT2D eigenvalue weighted by atomic mass is 10.2. The van der Waals surface area contributed by atoms with E-state index >= 15 is 0 Å². The Labute approximate surface area is 99.5 Å². The molecule has 0 spiro atoms. The molecule has 0 saturated heterocycles. The van der Waals surface area contributed by atoms with Crippen molar-refractivity contribution in [3.05, 3.63) is 40.2 Å². The van der Waals surface area contributed by atoms with Crippen LogP contribution < -0.4 is 5.32 Å². The van der Waals surface area contributed by atoms with E-state index in [1.54, 1.807) is 11.3 Å². The number of nitrogens with zero attached hydrogens (tertiary/aromatic N) is 1. The molecule has 0 aliphatic heterocycles. The van der Waals surface area contributed by atoms with Gasteiger partial charge in [0.15, 0.2) is 0 Å². The lowest BCUT2D eigenvalue weighted by Crippen LogP contribution is -2.16. The summed E-state index contributed by atoms with van der Waals surface area (Å²) in [6.07, 6.45) is 2.84. The number of rotatable bonds is 5. The Balaban J connectivity index is 1.90. The lowest BCUT2D eigenvalue weighted by Gasteiger charge is -2.09. The van der Waals surface area contributed by atoms with Crippen molar-refractivity contribution in [2.45, 2.75) is 32.9 Å². The molecule has 0 amide bonds. The third-order valence-corrected chi connectivity index (χ3v) is 3.30. The maximum Gasteiger partial charge on any atom is 0.120 e. The number of furan rings is 1. The van der Waals surface area contributed by atoms with E-state index in [-0.39, 0.29) is 6.04 Å². The molecule has 2 rings (SSSR count). The summed E-state index contributed by atoms with van der Waals surface area (Å²) < 4.78 is 5.69. The highest BCUT2D eigenvalue weighted by atomic mass is 32.1. The number of hydrogen-bond donors (Lipinski definition) is 1. The van der Waals surface area contributed by atoms with E-state index in [2.05, 4.69) is 24.1 Å². The van der Waals surface area contributed by atoms with Crippen LogP contribution in [0.4, 0.5) is 0 Å². The van der Waals surface area contributed by atoms with Gasteiger partial charge in [0.05, 0.1) is 11.6 Å². The first-order valence-corrected chi connectivity index (χ1v) is 6.37. The van der Waals surface area contributed by atoms with Gasteiger partial charge in [0, 0.05) is 24.0 Å². The van der Waals surface area contributed by atoms with Gasteiger partial charge in [-0.1, -0.05) is 6.92 Å². The molecule has 0 aromatic carbocycles. The first-order valence-electron chi connectivity index (χ1n) is 5.49. The average Bonchev–Trinajstić information content (AvgIpc) is 2.96. The molecule has 2 heterocycles. The first kappa shape index (κ1) is 11.4. The molecule has 0 fully saturated rings. The molecule has 0 aliphatic rings. The third kappa shape index (κ3) is 2.71. The van der Waals surface area contributed by atoms with Crippen LogP contribution >= 0.6 is 11.3 Å². The van der Waals surface area contributed by atoms with E-state index in [9.17, 15) is 0 Å². The predicted molar refractivity (Wildman–Crippen MR) is 65.5 cm³/mol. The van der Waals surface area contributed by atoms with Crippen molar-refractivity contribution in [2.75, 3.05) is 0 Å². The van der Waals surface area contributed by atoms with Crippen LogP contribution in [0.3, 0.4) is 0 Å². The minimum absolute atomic E-state index is 0.238. The van der Waals surface area contributed by atoms with Crippen LogP contribution in [0.25, 0.3) is 0 Å². The van der Waals surface area contributed by atoms with Crippen molar-refractivity contribution in [3.63, 3.8) is 0 Å². The number of aromatic nitrogens is 1. The molecular formula is C12H16N2OS. The molecule has 86 valence electrons. The van der Waals surface area contributed by atoms with Crippen molar-refractivity contribution >= 4 is 11.3 Å². The van der Waals surface area contributed by atoms with E-state index in [0.717, 1.165) is 24.5 Å². The predicted octanol–water partition coefficient (Wildman–Crippen LogP) is 3.15. The number of hydrogen-bond acceptors (Lipinski definition) is 4. The molecule has 3 nitrogen and oxygen atoms in total. The molecule has 4 heteroatoms. The minimum Gasteiger partial charge on any atom is -0.464 e. The third-order valence-electron chi connectivity index (χ3n) is 2.52. The molecule has 0 aliphatic carbocycles. The fourth-order valence-electron chi connectivity index (χ4n) is 1.50. The highest BCUT2D eigenvalue weighted by Gasteiger charge is 2.09. The molecule has 2 aromatic heterocycles. The van der Waals surface area contributed by atoms with E-state index < -0.39 is 0 Å². The number of nitrogens with one attached hydrogen (secondary N) is 1. The fraction of sp³-hybridized carbons (Fsp3) is 0.417. The summed E-state index contributed by atoms with van der Waals surface area (Å²) in [4.78, 5) is 5.29.